The Kier molecular flexibility index (Phi) is 4.59. The van der Waals surface area contributed by atoms with Crippen LogP contribution >= 0.6 is 0 Å². The standard InChI is InChI=1S/C30H41NO6/c1-15-10-19-22(20(32)11-15)17(3)23(34)24-26(4)13-21(33)37-30(25(35)28(19,24)6)27(26,5)7-8-29-12-16(2)9-18(36-29)14-31(29)30/h11,16-19,22,24-25,35H,7-10,12-14H2,1-6H3/t16-,17+,18+,19+,22-,24+,25-,26-,27-,28-,29-,30+/m1/s1. The van der Waals surface area contributed by atoms with Gasteiger partial charge < -0.3 is 14.6 Å². The highest BCUT2D eigenvalue weighted by Gasteiger charge is 2.86. The number of piperidine rings is 1. The Balaban J connectivity index is 1.49. The van der Waals surface area contributed by atoms with Crippen LogP contribution in [0.15, 0.2) is 11.6 Å². The van der Waals surface area contributed by atoms with Crippen molar-refractivity contribution < 1.29 is 29.0 Å². The van der Waals surface area contributed by atoms with Crippen LogP contribution in [0.25, 0.3) is 0 Å². The van der Waals surface area contributed by atoms with E-state index in [1.807, 2.05) is 20.8 Å². The minimum absolute atomic E-state index is 0.00563. The van der Waals surface area contributed by atoms with Crippen molar-refractivity contribution in [1.29, 1.82) is 0 Å². The summed E-state index contributed by atoms with van der Waals surface area (Å²) in [6.45, 7) is 13.0. The second-order valence-corrected chi connectivity index (χ2v) is 14.6. The molecule has 0 aromatic carbocycles. The minimum atomic E-state index is -1.30. The molecular weight excluding hydrogens is 470 g/mol. The van der Waals surface area contributed by atoms with Gasteiger partial charge in [0, 0.05) is 35.1 Å². The third-order valence-electron chi connectivity index (χ3n) is 12.8. The average Bonchev–Trinajstić information content (AvgIpc) is 3.08. The van der Waals surface area contributed by atoms with Gasteiger partial charge in [0.05, 0.1) is 12.5 Å². The summed E-state index contributed by atoms with van der Waals surface area (Å²) in [5.74, 6) is -1.48. The van der Waals surface area contributed by atoms with Crippen molar-refractivity contribution in [3.63, 3.8) is 0 Å². The third-order valence-corrected chi connectivity index (χ3v) is 12.8. The quantitative estimate of drug-likeness (QED) is 0.497. The maximum absolute atomic E-state index is 14.4. The Morgan fingerprint density at radius 2 is 1.84 bits per heavy atom. The summed E-state index contributed by atoms with van der Waals surface area (Å²) in [5.41, 5.74) is -3.16. The van der Waals surface area contributed by atoms with E-state index < -0.39 is 51.6 Å². The maximum atomic E-state index is 14.4. The highest BCUT2D eigenvalue weighted by molar-refractivity contribution is 6.00. The zero-order valence-electron chi connectivity index (χ0n) is 23.0. The van der Waals surface area contributed by atoms with Gasteiger partial charge in [-0.3, -0.25) is 14.4 Å². The highest BCUT2D eigenvalue weighted by Crippen LogP contribution is 2.78. The van der Waals surface area contributed by atoms with E-state index in [1.54, 1.807) is 6.08 Å². The molecule has 202 valence electrons. The SMILES string of the molecule is CC1=CC(=O)[C@@H]2[C@H](C)C(=O)[C@@H]3[C@](C)([C@@H](O)[C@]45OC(=O)C[C@@]3(C)[C@@]4(C)CC[C@@]34C[C@H](C)C[C@@H](CN35)O4)[C@H]2C1. The predicted octanol–water partition coefficient (Wildman–Crippen LogP) is 3.63. The lowest BCUT2D eigenvalue weighted by Gasteiger charge is -2.78. The Hall–Kier alpha value is -1.57. The van der Waals surface area contributed by atoms with Gasteiger partial charge in [0.15, 0.2) is 5.78 Å². The molecule has 0 unspecified atom stereocenters. The Labute approximate surface area is 219 Å². The van der Waals surface area contributed by atoms with Crippen molar-refractivity contribution in [3.05, 3.63) is 11.6 Å². The molecule has 3 aliphatic carbocycles. The van der Waals surface area contributed by atoms with Gasteiger partial charge in [-0.25, -0.2) is 4.90 Å². The Morgan fingerprint density at radius 1 is 1.11 bits per heavy atom. The Morgan fingerprint density at radius 3 is 2.57 bits per heavy atom. The second kappa shape index (κ2) is 6.95. The second-order valence-electron chi connectivity index (χ2n) is 14.6. The Bertz CT molecular complexity index is 1160. The molecule has 37 heavy (non-hydrogen) atoms. The average molecular weight is 512 g/mol. The number of hydrogen-bond acceptors (Lipinski definition) is 7. The minimum Gasteiger partial charge on any atom is -0.440 e. The number of ketones is 2. The number of fused-ring (bicyclic) bond motifs is 5. The molecule has 1 spiro atoms. The van der Waals surface area contributed by atoms with E-state index in [-0.39, 0.29) is 36.0 Å². The van der Waals surface area contributed by atoms with Crippen molar-refractivity contribution in [2.24, 2.45) is 45.8 Å². The number of nitrogens with zero attached hydrogens (tertiary/aromatic N) is 1. The molecular formula is C30H41NO6. The van der Waals surface area contributed by atoms with Crippen molar-refractivity contribution in [1.82, 2.24) is 4.90 Å². The van der Waals surface area contributed by atoms with E-state index in [2.05, 4.69) is 25.7 Å². The van der Waals surface area contributed by atoms with E-state index in [0.29, 0.717) is 25.3 Å². The topological polar surface area (TPSA) is 93.1 Å². The molecule has 6 fully saturated rings. The molecule has 0 aromatic rings. The van der Waals surface area contributed by atoms with Crippen molar-refractivity contribution in [3.8, 4) is 0 Å². The fourth-order valence-corrected chi connectivity index (χ4v) is 11.3. The van der Waals surface area contributed by atoms with Crippen LogP contribution < -0.4 is 0 Å². The van der Waals surface area contributed by atoms with Gasteiger partial charge in [-0.2, -0.15) is 0 Å². The number of Topliss-reactive ketones (excluding diaryl/α,β-unsaturated/α-hetero) is 1. The predicted molar refractivity (Wildman–Crippen MR) is 134 cm³/mol. The first-order valence-corrected chi connectivity index (χ1v) is 14.4. The highest BCUT2D eigenvalue weighted by atomic mass is 16.6. The van der Waals surface area contributed by atoms with Crippen LogP contribution in [0.5, 0.6) is 0 Å². The molecule has 7 rings (SSSR count). The monoisotopic (exact) mass is 511 g/mol. The van der Waals surface area contributed by atoms with Crippen LogP contribution in [0, 0.1) is 45.8 Å². The van der Waals surface area contributed by atoms with Crippen molar-refractivity contribution in [2.45, 2.75) is 104 Å². The maximum Gasteiger partial charge on any atom is 0.308 e. The summed E-state index contributed by atoms with van der Waals surface area (Å²) in [6.07, 6.45) is 4.72. The van der Waals surface area contributed by atoms with E-state index >= 15 is 0 Å². The summed E-state index contributed by atoms with van der Waals surface area (Å²) >= 11 is 0. The normalized spacial score (nSPS) is 58.5. The number of hydrogen-bond donors (Lipinski definition) is 1. The lowest BCUT2D eigenvalue weighted by Crippen LogP contribution is -2.88. The molecule has 0 aromatic heterocycles. The fourth-order valence-electron chi connectivity index (χ4n) is 11.3. The molecule has 7 heteroatoms. The zero-order valence-corrected chi connectivity index (χ0v) is 23.0. The first-order chi connectivity index (χ1) is 17.2. The van der Waals surface area contributed by atoms with Gasteiger partial charge in [0.2, 0.25) is 5.72 Å². The molecule has 7 nitrogen and oxygen atoms in total. The van der Waals surface area contributed by atoms with E-state index in [9.17, 15) is 19.5 Å². The number of esters is 1. The molecule has 1 N–H and O–H groups in total. The molecule has 4 bridgehead atoms. The van der Waals surface area contributed by atoms with Gasteiger partial charge in [0.25, 0.3) is 0 Å². The lowest BCUT2D eigenvalue weighted by molar-refractivity contribution is -0.412. The van der Waals surface area contributed by atoms with Crippen LogP contribution in [0.2, 0.25) is 0 Å². The van der Waals surface area contributed by atoms with Gasteiger partial charge in [-0.15, -0.1) is 0 Å². The molecule has 2 saturated carbocycles. The number of carbonyl (C=O) groups is 3. The molecule has 0 radical (unpaired) electrons. The van der Waals surface area contributed by atoms with E-state index in [4.69, 9.17) is 9.47 Å². The van der Waals surface area contributed by atoms with Crippen molar-refractivity contribution >= 4 is 17.5 Å². The summed E-state index contributed by atoms with van der Waals surface area (Å²) in [6, 6.07) is 0. The first kappa shape index (κ1) is 24.5. The summed E-state index contributed by atoms with van der Waals surface area (Å²) in [7, 11) is 0. The van der Waals surface area contributed by atoms with Gasteiger partial charge in [-0.1, -0.05) is 40.2 Å². The van der Waals surface area contributed by atoms with Crippen LogP contribution in [-0.2, 0) is 23.9 Å². The molecule has 4 saturated heterocycles. The van der Waals surface area contributed by atoms with E-state index in [1.165, 1.54) is 0 Å². The zero-order chi connectivity index (χ0) is 26.5. The van der Waals surface area contributed by atoms with Gasteiger partial charge in [-0.05, 0) is 62.4 Å². The molecule has 12 atom stereocenters. The summed E-state index contributed by atoms with van der Waals surface area (Å²) in [5, 5.41) is 12.8. The third kappa shape index (κ3) is 2.46. The number of aliphatic hydroxyl groups excluding tert-OH is 1. The largest absolute Gasteiger partial charge is 0.440 e. The van der Waals surface area contributed by atoms with Crippen LogP contribution in [0.3, 0.4) is 0 Å². The molecule has 4 aliphatic heterocycles. The van der Waals surface area contributed by atoms with Crippen LogP contribution in [0.1, 0.15) is 80.1 Å². The lowest BCUT2D eigenvalue weighted by atomic mass is 9.32. The first-order valence-electron chi connectivity index (χ1n) is 14.4. The summed E-state index contributed by atoms with van der Waals surface area (Å²) < 4.78 is 13.2. The summed E-state index contributed by atoms with van der Waals surface area (Å²) in [4.78, 5) is 43.6. The number of aliphatic hydroxyl groups is 1. The fraction of sp³-hybridized carbons (Fsp3) is 0.833. The number of carbonyl (C=O) groups excluding carboxylic acids is 3. The van der Waals surface area contributed by atoms with Gasteiger partial charge >= 0.3 is 5.97 Å². The number of allylic oxidation sites excluding steroid dienone is 2. The molecule has 0 amide bonds. The van der Waals surface area contributed by atoms with Crippen LogP contribution in [-0.4, -0.2) is 57.7 Å². The smallest absolute Gasteiger partial charge is 0.308 e. The van der Waals surface area contributed by atoms with Crippen LogP contribution in [0.4, 0.5) is 0 Å². The number of rotatable bonds is 0. The number of ether oxygens (including phenoxy) is 2. The van der Waals surface area contributed by atoms with E-state index in [0.717, 1.165) is 24.8 Å². The van der Waals surface area contributed by atoms with Gasteiger partial charge in [0.1, 0.15) is 17.6 Å². The van der Waals surface area contributed by atoms with Crippen molar-refractivity contribution in [2.75, 3.05) is 6.54 Å². The molecule has 4 heterocycles. The molecule has 7 aliphatic rings.